The van der Waals surface area contributed by atoms with Gasteiger partial charge in [0.25, 0.3) is 0 Å². The Labute approximate surface area is 191 Å². The van der Waals surface area contributed by atoms with Crippen LogP contribution in [-0.2, 0) is 11.2 Å². The molecule has 2 aromatic heterocycles. The zero-order chi connectivity index (χ0) is 22.2. The molecule has 8 heteroatoms. The lowest BCUT2D eigenvalue weighted by Gasteiger charge is -2.32. The van der Waals surface area contributed by atoms with Gasteiger partial charge in [0.05, 0.1) is 5.92 Å². The van der Waals surface area contributed by atoms with Crippen molar-refractivity contribution in [2.45, 2.75) is 19.3 Å². The van der Waals surface area contributed by atoms with E-state index in [1.807, 2.05) is 18.2 Å². The van der Waals surface area contributed by atoms with Gasteiger partial charge < -0.3 is 10.2 Å². The zero-order valence-corrected chi connectivity index (χ0v) is 18.1. The number of benzene rings is 2. The fraction of sp³-hybridized carbons (Fsp3) is 0.240. The first-order valence-corrected chi connectivity index (χ1v) is 11.2. The third kappa shape index (κ3) is 3.73. The van der Waals surface area contributed by atoms with Crippen molar-refractivity contribution in [2.24, 2.45) is 5.92 Å². The summed E-state index contributed by atoms with van der Waals surface area (Å²) in [6.45, 7) is 1.48. The highest BCUT2D eigenvalue weighted by molar-refractivity contribution is 5.94. The predicted octanol–water partition coefficient (Wildman–Crippen LogP) is 3.48. The van der Waals surface area contributed by atoms with Gasteiger partial charge >= 0.3 is 0 Å². The van der Waals surface area contributed by atoms with Gasteiger partial charge in [0.15, 0.2) is 11.6 Å². The summed E-state index contributed by atoms with van der Waals surface area (Å²) >= 11 is 0. The quantitative estimate of drug-likeness (QED) is 0.463. The van der Waals surface area contributed by atoms with E-state index >= 15 is 0 Å². The van der Waals surface area contributed by atoms with Crippen LogP contribution >= 0.6 is 0 Å². The molecule has 4 aromatic rings. The molecule has 0 radical (unpaired) electrons. The maximum Gasteiger partial charge on any atom is 0.229 e. The monoisotopic (exact) mass is 437 g/mol. The zero-order valence-electron chi connectivity index (χ0n) is 18.1. The summed E-state index contributed by atoms with van der Waals surface area (Å²) in [7, 11) is 0. The largest absolute Gasteiger partial charge is 0.354 e. The molecule has 1 aliphatic carbocycles. The van der Waals surface area contributed by atoms with Gasteiger partial charge in [-0.05, 0) is 65.8 Å². The number of amides is 1. The van der Waals surface area contributed by atoms with Crippen molar-refractivity contribution >= 4 is 17.4 Å². The summed E-state index contributed by atoms with van der Waals surface area (Å²) in [4.78, 5) is 19.1. The fourth-order valence-electron chi connectivity index (χ4n) is 4.80. The normalized spacial score (nSPS) is 16.8. The molecule has 1 atom stereocenters. The first-order chi connectivity index (χ1) is 16.2. The fourth-order valence-corrected chi connectivity index (χ4v) is 4.80. The van der Waals surface area contributed by atoms with E-state index in [0.29, 0.717) is 12.4 Å². The van der Waals surface area contributed by atoms with Gasteiger partial charge in [-0.3, -0.25) is 4.79 Å². The number of rotatable bonds is 4. The highest BCUT2D eigenvalue weighted by atomic mass is 16.1. The molecular weight excluding hydrogens is 414 g/mol. The Hall–Kier alpha value is -4.07. The molecule has 1 N–H and O–H groups in total. The molecule has 0 bridgehead atoms. The Kier molecular flexibility index (Phi) is 4.83. The molecule has 1 unspecified atom stereocenters. The van der Waals surface area contributed by atoms with E-state index < -0.39 is 0 Å². The minimum Gasteiger partial charge on any atom is -0.354 e. The van der Waals surface area contributed by atoms with Crippen molar-refractivity contribution in [1.82, 2.24) is 25.0 Å². The summed E-state index contributed by atoms with van der Waals surface area (Å²) in [5.41, 5.74) is 6.03. The van der Waals surface area contributed by atoms with Crippen molar-refractivity contribution in [3.8, 4) is 16.9 Å². The van der Waals surface area contributed by atoms with E-state index in [2.05, 4.69) is 66.9 Å². The number of hydrogen-bond donors (Lipinski definition) is 1. The lowest BCUT2D eigenvalue weighted by atomic mass is 9.97. The van der Waals surface area contributed by atoms with E-state index in [1.165, 1.54) is 28.6 Å². The lowest BCUT2D eigenvalue weighted by molar-refractivity contribution is -0.120. The number of carbonyl (C=O) groups excluding carboxylic acids is 1. The van der Waals surface area contributed by atoms with Crippen LogP contribution in [0, 0.1) is 5.92 Å². The number of nitrogens with zero attached hydrogens (tertiary/aromatic N) is 6. The Morgan fingerprint density at radius 3 is 2.67 bits per heavy atom. The lowest BCUT2D eigenvalue weighted by Crippen LogP contribution is -2.41. The Morgan fingerprint density at radius 1 is 0.970 bits per heavy atom. The molecule has 3 heterocycles. The van der Waals surface area contributed by atoms with E-state index in [1.54, 1.807) is 11.0 Å². The van der Waals surface area contributed by atoms with Crippen LogP contribution in [0.25, 0.3) is 16.9 Å². The first kappa shape index (κ1) is 19.6. The highest BCUT2D eigenvalue weighted by Gasteiger charge is 2.27. The van der Waals surface area contributed by atoms with Gasteiger partial charge in [0.1, 0.15) is 12.7 Å². The van der Waals surface area contributed by atoms with Gasteiger partial charge in [-0.2, -0.15) is 5.10 Å². The van der Waals surface area contributed by atoms with Crippen LogP contribution in [0.1, 0.15) is 24.0 Å². The maximum atomic E-state index is 13.1. The Morgan fingerprint density at radius 2 is 1.82 bits per heavy atom. The molecule has 2 aliphatic rings. The van der Waals surface area contributed by atoms with Crippen LogP contribution in [-0.4, -0.2) is 44.0 Å². The average molecular weight is 438 g/mol. The molecule has 6 rings (SSSR count). The topological polar surface area (TPSA) is 88.8 Å². The molecule has 1 saturated heterocycles. The third-order valence-electron chi connectivity index (χ3n) is 6.47. The van der Waals surface area contributed by atoms with Crippen molar-refractivity contribution in [2.75, 3.05) is 23.3 Å². The van der Waals surface area contributed by atoms with Gasteiger partial charge in [-0.15, -0.1) is 10.2 Å². The Balaban J connectivity index is 1.13. The molecule has 0 spiro atoms. The minimum atomic E-state index is -0.0963. The molecular formula is C25H23N7O. The van der Waals surface area contributed by atoms with Gasteiger partial charge in [-0.1, -0.05) is 30.3 Å². The van der Waals surface area contributed by atoms with Gasteiger partial charge in [0, 0.05) is 18.8 Å². The number of carbonyl (C=O) groups is 1. The summed E-state index contributed by atoms with van der Waals surface area (Å²) in [5.74, 6) is 1.34. The van der Waals surface area contributed by atoms with E-state index in [-0.39, 0.29) is 11.8 Å². The smallest absolute Gasteiger partial charge is 0.229 e. The molecule has 8 nitrogen and oxygen atoms in total. The molecule has 33 heavy (non-hydrogen) atoms. The van der Waals surface area contributed by atoms with Crippen molar-refractivity contribution in [3.63, 3.8) is 0 Å². The van der Waals surface area contributed by atoms with Crippen molar-refractivity contribution in [3.05, 3.63) is 78.4 Å². The summed E-state index contributed by atoms with van der Waals surface area (Å²) in [6.07, 6.45) is 5.76. The first-order valence-electron chi connectivity index (χ1n) is 11.2. The van der Waals surface area contributed by atoms with Crippen molar-refractivity contribution < 1.29 is 4.79 Å². The summed E-state index contributed by atoms with van der Waals surface area (Å²) in [5, 5.41) is 15.8. The number of piperidine rings is 1. The van der Waals surface area contributed by atoms with Crippen LogP contribution in [0.15, 0.2) is 67.3 Å². The highest BCUT2D eigenvalue weighted by Crippen LogP contribution is 2.37. The molecule has 2 aromatic carbocycles. The molecule has 164 valence electrons. The second kappa shape index (κ2) is 8.12. The van der Waals surface area contributed by atoms with E-state index in [4.69, 9.17) is 0 Å². The summed E-state index contributed by atoms with van der Waals surface area (Å²) < 4.78 is 1.57. The van der Waals surface area contributed by atoms with Crippen LogP contribution < -0.4 is 10.2 Å². The minimum absolute atomic E-state index is 0.0577. The number of aromatic nitrogens is 5. The molecule has 1 amide bonds. The second-order valence-corrected chi connectivity index (χ2v) is 8.57. The van der Waals surface area contributed by atoms with Crippen LogP contribution in [0.5, 0.6) is 0 Å². The number of nitrogens with one attached hydrogen (secondary N) is 1. The van der Waals surface area contributed by atoms with E-state index in [9.17, 15) is 4.79 Å². The Bertz CT molecular complexity index is 1300. The molecule has 0 saturated carbocycles. The van der Waals surface area contributed by atoms with Crippen LogP contribution in [0.4, 0.5) is 11.5 Å². The number of hydrogen-bond acceptors (Lipinski definition) is 6. The van der Waals surface area contributed by atoms with Crippen LogP contribution in [0.2, 0.25) is 0 Å². The van der Waals surface area contributed by atoms with Gasteiger partial charge in [-0.25, -0.2) is 9.67 Å². The summed E-state index contributed by atoms with van der Waals surface area (Å²) in [6, 6.07) is 18.5. The van der Waals surface area contributed by atoms with E-state index in [0.717, 1.165) is 37.3 Å². The molecule has 1 aliphatic heterocycles. The van der Waals surface area contributed by atoms with Crippen LogP contribution in [0.3, 0.4) is 0 Å². The van der Waals surface area contributed by atoms with Gasteiger partial charge in [0.2, 0.25) is 5.91 Å². The SMILES string of the molecule is O=C(Nc1ccc2c(c1)Cc1ccccc1-2)C1CCCN(c2ccc(-n3cncn3)nn2)C1. The third-order valence-corrected chi connectivity index (χ3v) is 6.47. The van der Waals surface area contributed by atoms with Crippen molar-refractivity contribution in [1.29, 1.82) is 0 Å². The molecule has 1 fully saturated rings. The second-order valence-electron chi connectivity index (χ2n) is 8.57. The number of fused-ring (bicyclic) bond motifs is 3. The average Bonchev–Trinajstić information content (AvgIpc) is 3.52. The standard InChI is InChI=1S/C25H23N7O/c33-25(28-20-7-8-22-19(13-20)12-17-4-1-2-6-21(17)22)18-5-3-11-31(14-18)23-9-10-24(30-29-23)32-16-26-15-27-32/h1-2,4,6-10,13,15-16,18H,3,5,11-12,14H2,(H,28,33). The predicted molar refractivity (Wildman–Crippen MR) is 125 cm³/mol. The number of anilines is 2. The maximum absolute atomic E-state index is 13.1.